The molecule has 0 amide bonds. The maximum absolute atomic E-state index is 7.09. The van der Waals surface area contributed by atoms with E-state index in [9.17, 15) is 0 Å². The number of nitrogens with two attached hydrogens (primary N) is 1. The summed E-state index contributed by atoms with van der Waals surface area (Å²) in [6.45, 7) is 0. The van der Waals surface area contributed by atoms with Crippen LogP contribution in [-0.2, 0) is 5.66 Å². The molecule has 1 unspecified atom stereocenters. The first-order chi connectivity index (χ1) is 28.6. The Hall–Kier alpha value is -7.39. The third-order valence-corrected chi connectivity index (χ3v) is 11.3. The van der Waals surface area contributed by atoms with E-state index in [0.29, 0.717) is 0 Å². The SMILES string of the molecule is NC1(c2cccc(-c3cccc(-c4cc(-c5ccccc5)c(-c5ccccc5)c(-c5ccccc5)c4-c4ccccc4)c3)c2)N=C1c1cccc(-c2ccccc2)c1. The number of nitrogens with zero attached hydrogens (tertiary/aromatic N) is 1. The molecule has 274 valence electrons. The summed E-state index contributed by atoms with van der Waals surface area (Å²) < 4.78 is 0. The second-order valence-electron chi connectivity index (χ2n) is 14.9. The summed E-state index contributed by atoms with van der Waals surface area (Å²) >= 11 is 0. The minimum absolute atomic E-state index is 0.869. The first-order valence-electron chi connectivity index (χ1n) is 19.8. The fraction of sp³-hybridized carbons (Fsp3) is 0.0179. The van der Waals surface area contributed by atoms with Gasteiger partial charge in [0.1, 0.15) is 0 Å². The summed E-state index contributed by atoms with van der Waals surface area (Å²) in [6.07, 6.45) is 0. The third kappa shape index (κ3) is 6.56. The van der Waals surface area contributed by atoms with E-state index in [1.165, 1.54) is 55.6 Å². The van der Waals surface area contributed by atoms with Gasteiger partial charge in [0.05, 0.1) is 5.71 Å². The van der Waals surface area contributed by atoms with Crippen LogP contribution in [0.1, 0.15) is 11.1 Å². The van der Waals surface area contributed by atoms with Crippen LogP contribution < -0.4 is 5.73 Å². The lowest BCUT2D eigenvalue weighted by Gasteiger charge is -2.24. The van der Waals surface area contributed by atoms with Gasteiger partial charge in [-0.1, -0.05) is 206 Å². The van der Waals surface area contributed by atoms with Crippen LogP contribution in [0, 0.1) is 0 Å². The smallest absolute Gasteiger partial charge is 0.177 e. The summed E-state index contributed by atoms with van der Waals surface area (Å²) in [7, 11) is 0. The van der Waals surface area contributed by atoms with Crippen LogP contribution >= 0.6 is 0 Å². The van der Waals surface area contributed by atoms with Gasteiger partial charge in [-0.25, -0.2) is 0 Å². The molecule has 2 N–H and O–H groups in total. The van der Waals surface area contributed by atoms with Gasteiger partial charge in [0, 0.05) is 11.1 Å². The molecule has 1 aliphatic rings. The highest BCUT2D eigenvalue weighted by molar-refractivity contribution is 6.17. The van der Waals surface area contributed by atoms with Crippen LogP contribution in [0.3, 0.4) is 0 Å². The highest BCUT2D eigenvalue weighted by Crippen LogP contribution is 2.50. The van der Waals surface area contributed by atoms with Crippen molar-refractivity contribution in [1.29, 1.82) is 0 Å². The van der Waals surface area contributed by atoms with Crippen LogP contribution in [0.2, 0.25) is 0 Å². The molecular weight excluding hydrogens is 701 g/mol. The second-order valence-corrected chi connectivity index (χ2v) is 14.9. The molecular formula is C56H40N2. The van der Waals surface area contributed by atoms with E-state index in [4.69, 9.17) is 10.7 Å². The van der Waals surface area contributed by atoms with Gasteiger partial charge >= 0.3 is 0 Å². The van der Waals surface area contributed by atoms with Crippen LogP contribution in [-0.4, -0.2) is 5.71 Å². The molecule has 58 heavy (non-hydrogen) atoms. The maximum atomic E-state index is 7.09. The van der Waals surface area contributed by atoms with Gasteiger partial charge in [-0.15, -0.1) is 0 Å². The van der Waals surface area contributed by atoms with Crippen molar-refractivity contribution < 1.29 is 0 Å². The van der Waals surface area contributed by atoms with Crippen molar-refractivity contribution in [2.75, 3.05) is 0 Å². The average molecular weight is 741 g/mol. The molecule has 0 bridgehead atoms. The number of benzene rings is 9. The summed E-state index contributed by atoms with van der Waals surface area (Å²) in [6, 6.07) is 82.2. The molecule has 9 aromatic carbocycles. The minimum Gasteiger partial charge on any atom is -0.298 e. The van der Waals surface area contributed by atoms with E-state index in [1.54, 1.807) is 0 Å². The fourth-order valence-electron chi connectivity index (χ4n) is 8.37. The quantitative estimate of drug-likeness (QED) is 0.157. The highest BCUT2D eigenvalue weighted by atomic mass is 15.2. The van der Waals surface area contributed by atoms with Gasteiger partial charge in [0.25, 0.3) is 0 Å². The zero-order valence-corrected chi connectivity index (χ0v) is 32.0. The summed E-state index contributed by atoms with van der Waals surface area (Å²) in [5, 5.41) is 0. The molecule has 0 saturated carbocycles. The topological polar surface area (TPSA) is 38.4 Å². The summed E-state index contributed by atoms with van der Waals surface area (Å²) in [5.41, 5.74) is 25.5. The zero-order valence-electron chi connectivity index (χ0n) is 32.0. The van der Waals surface area contributed by atoms with E-state index in [-0.39, 0.29) is 0 Å². The summed E-state index contributed by atoms with van der Waals surface area (Å²) in [4.78, 5) is 4.91. The largest absolute Gasteiger partial charge is 0.298 e. The molecule has 1 atom stereocenters. The molecule has 2 nitrogen and oxygen atoms in total. The Labute approximate surface area is 340 Å². The van der Waals surface area contributed by atoms with Gasteiger partial charge in [-0.3, -0.25) is 10.7 Å². The molecule has 0 fully saturated rings. The Morgan fingerprint density at radius 3 is 1.19 bits per heavy atom. The minimum atomic E-state index is -0.869. The number of aliphatic imine (C=N–C) groups is 1. The summed E-state index contributed by atoms with van der Waals surface area (Å²) in [5.74, 6) is 0. The predicted octanol–water partition coefficient (Wildman–Crippen LogP) is 14.0. The molecule has 10 rings (SSSR count). The third-order valence-electron chi connectivity index (χ3n) is 11.3. The first-order valence-corrected chi connectivity index (χ1v) is 19.8. The maximum Gasteiger partial charge on any atom is 0.177 e. The number of hydrogen-bond acceptors (Lipinski definition) is 2. The van der Waals surface area contributed by atoms with Crippen LogP contribution in [0.4, 0.5) is 0 Å². The molecule has 0 spiro atoms. The molecule has 0 saturated heterocycles. The standard InChI is InChI=1S/C56H40N2/c57-56(55(58-56)48-33-17-29-44(36-48)39-19-6-1-7-20-39)49-34-18-31-46(37-49)45-30-16-32-47(35-45)51-38-50(40-21-8-2-9-22-40)52(41-23-10-3-11-24-41)54(43-27-14-5-15-28-43)53(51)42-25-12-4-13-26-42/h1-38H,57H2. The molecule has 0 aliphatic carbocycles. The van der Waals surface area contributed by atoms with E-state index in [2.05, 4.69) is 224 Å². The normalized spacial score (nSPS) is 14.5. The van der Waals surface area contributed by atoms with Crippen molar-refractivity contribution >= 4 is 5.71 Å². The van der Waals surface area contributed by atoms with E-state index in [0.717, 1.165) is 39.1 Å². The van der Waals surface area contributed by atoms with Gasteiger partial charge in [-0.2, -0.15) is 0 Å². The fourth-order valence-corrected chi connectivity index (χ4v) is 8.37. The van der Waals surface area contributed by atoms with Gasteiger partial charge in [0.2, 0.25) is 0 Å². The monoisotopic (exact) mass is 740 g/mol. The van der Waals surface area contributed by atoms with E-state index >= 15 is 0 Å². The molecule has 1 heterocycles. The van der Waals surface area contributed by atoms with Gasteiger partial charge < -0.3 is 0 Å². The van der Waals surface area contributed by atoms with Crippen molar-refractivity contribution in [2.45, 2.75) is 5.66 Å². The zero-order chi connectivity index (χ0) is 38.9. The Bertz CT molecular complexity index is 2920. The van der Waals surface area contributed by atoms with Crippen LogP contribution in [0.25, 0.3) is 77.9 Å². The second kappa shape index (κ2) is 14.9. The van der Waals surface area contributed by atoms with Crippen molar-refractivity contribution in [1.82, 2.24) is 0 Å². The lowest BCUT2D eigenvalue weighted by atomic mass is 9.78. The average Bonchev–Trinajstić information content (AvgIpc) is 4.02. The van der Waals surface area contributed by atoms with Crippen LogP contribution in [0.15, 0.2) is 236 Å². The molecule has 0 aromatic heterocycles. The Balaban J connectivity index is 1.12. The molecule has 0 radical (unpaired) electrons. The van der Waals surface area contributed by atoms with Gasteiger partial charge in [0.15, 0.2) is 5.66 Å². The van der Waals surface area contributed by atoms with Crippen molar-refractivity contribution in [2.24, 2.45) is 10.7 Å². The van der Waals surface area contributed by atoms with E-state index < -0.39 is 5.66 Å². The Morgan fingerprint density at radius 1 is 0.276 bits per heavy atom. The molecule has 1 aliphatic heterocycles. The van der Waals surface area contributed by atoms with Crippen molar-refractivity contribution in [3.8, 4) is 77.9 Å². The van der Waals surface area contributed by atoms with Crippen molar-refractivity contribution in [3.05, 3.63) is 242 Å². The lowest BCUT2D eigenvalue weighted by molar-refractivity contribution is 0.758. The highest BCUT2D eigenvalue weighted by Gasteiger charge is 2.46. The van der Waals surface area contributed by atoms with Crippen LogP contribution in [0.5, 0.6) is 0 Å². The molecule has 2 heteroatoms. The van der Waals surface area contributed by atoms with Crippen molar-refractivity contribution in [3.63, 3.8) is 0 Å². The Kier molecular flexibility index (Phi) is 9.02. The Morgan fingerprint density at radius 2 is 0.638 bits per heavy atom. The molecule has 9 aromatic rings. The number of rotatable bonds is 9. The van der Waals surface area contributed by atoms with Gasteiger partial charge in [-0.05, 0) is 102 Å². The number of hydrogen-bond donors (Lipinski definition) is 1. The van der Waals surface area contributed by atoms with E-state index in [1.807, 2.05) is 6.07 Å². The lowest BCUT2D eigenvalue weighted by Crippen LogP contribution is -2.28. The first kappa shape index (κ1) is 35.1. The predicted molar refractivity (Wildman–Crippen MR) is 243 cm³/mol.